The Bertz CT molecular complexity index is 1090. The van der Waals surface area contributed by atoms with Crippen molar-refractivity contribution >= 4 is 23.3 Å². The number of esters is 1. The van der Waals surface area contributed by atoms with E-state index in [1.807, 2.05) is 30.3 Å². The van der Waals surface area contributed by atoms with Crippen molar-refractivity contribution in [3.63, 3.8) is 0 Å². The fourth-order valence-electron chi connectivity index (χ4n) is 3.12. The first kappa shape index (κ1) is 21.0. The number of rotatable bonds is 7. The summed E-state index contributed by atoms with van der Waals surface area (Å²) < 4.78 is 6.94. The highest BCUT2D eigenvalue weighted by Crippen LogP contribution is 2.16. The average Bonchev–Trinajstić information content (AvgIpc) is 3.00. The number of amides is 1. The van der Waals surface area contributed by atoms with E-state index in [1.54, 1.807) is 42.8 Å². The van der Waals surface area contributed by atoms with Crippen molar-refractivity contribution in [3.8, 4) is 0 Å². The molecule has 0 fully saturated rings. The molecule has 0 aliphatic rings. The summed E-state index contributed by atoms with van der Waals surface area (Å²) in [5.41, 5.74) is 3.60. The second kappa shape index (κ2) is 9.17. The highest BCUT2D eigenvalue weighted by atomic mass is 16.5. The van der Waals surface area contributed by atoms with E-state index in [0.717, 1.165) is 5.56 Å². The van der Waals surface area contributed by atoms with Crippen LogP contribution in [-0.4, -0.2) is 34.0 Å². The molecule has 0 saturated heterocycles. The van der Waals surface area contributed by atoms with Crippen LogP contribution in [-0.2, 0) is 16.1 Å². The number of aromatic nitrogens is 2. The third-order valence-corrected chi connectivity index (χ3v) is 4.65. The van der Waals surface area contributed by atoms with Gasteiger partial charge in [0.1, 0.15) is 5.56 Å². The van der Waals surface area contributed by atoms with Crippen LogP contribution in [0.3, 0.4) is 0 Å². The predicted molar refractivity (Wildman–Crippen MR) is 113 cm³/mol. The molecule has 3 rings (SSSR count). The molecule has 7 heteroatoms. The summed E-state index contributed by atoms with van der Waals surface area (Å²) in [6.45, 7) is 5.08. The summed E-state index contributed by atoms with van der Waals surface area (Å²) in [5, 5.41) is 7.05. The Morgan fingerprint density at radius 2 is 1.77 bits per heavy atom. The van der Waals surface area contributed by atoms with Crippen LogP contribution in [0.1, 0.15) is 44.6 Å². The molecule has 7 nitrogen and oxygen atoms in total. The van der Waals surface area contributed by atoms with Gasteiger partial charge >= 0.3 is 5.97 Å². The summed E-state index contributed by atoms with van der Waals surface area (Å²) >= 11 is 0. The topological polar surface area (TPSA) is 90.3 Å². The predicted octanol–water partition coefficient (Wildman–Crippen LogP) is 3.55. The molecule has 0 saturated carbocycles. The van der Waals surface area contributed by atoms with Gasteiger partial charge in [-0.3, -0.25) is 14.3 Å². The normalized spacial score (nSPS) is 10.5. The van der Waals surface area contributed by atoms with Gasteiger partial charge < -0.3 is 10.1 Å². The van der Waals surface area contributed by atoms with Crippen LogP contribution in [0.25, 0.3) is 0 Å². The second-order valence-corrected chi connectivity index (χ2v) is 6.95. The number of anilines is 1. The van der Waals surface area contributed by atoms with E-state index in [2.05, 4.69) is 10.4 Å². The van der Waals surface area contributed by atoms with Crippen molar-refractivity contribution in [3.05, 3.63) is 82.7 Å². The van der Waals surface area contributed by atoms with Crippen LogP contribution in [0.2, 0.25) is 0 Å². The van der Waals surface area contributed by atoms with Gasteiger partial charge in [0.05, 0.1) is 17.9 Å². The molecule has 0 aliphatic carbocycles. The zero-order valence-corrected chi connectivity index (χ0v) is 17.1. The van der Waals surface area contributed by atoms with Gasteiger partial charge in [0, 0.05) is 11.3 Å². The van der Waals surface area contributed by atoms with Crippen LogP contribution >= 0.6 is 0 Å². The Kier molecular flexibility index (Phi) is 6.41. The van der Waals surface area contributed by atoms with Crippen molar-refractivity contribution in [1.82, 2.24) is 9.78 Å². The Morgan fingerprint density at radius 3 is 2.47 bits per heavy atom. The molecule has 1 aromatic heterocycles. The molecule has 1 amide bonds. The maximum absolute atomic E-state index is 12.6. The number of ketones is 1. The Morgan fingerprint density at radius 1 is 1.03 bits per heavy atom. The van der Waals surface area contributed by atoms with Crippen molar-refractivity contribution in [2.75, 3.05) is 11.9 Å². The summed E-state index contributed by atoms with van der Waals surface area (Å²) in [6.07, 6.45) is 0. The third-order valence-electron chi connectivity index (χ3n) is 4.65. The molecule has 3 aromatic rings. The lowest BCUT2D eigenvalue weighted by molar-refractivity contribution is -0.119. The van der Waals surface area contributed by atoms with E-state index >= 15 is 0 Å². The number of hydrogen-bond donors (Lipinski definition) is 1. The van der Waals surface area contributed by atoms with E-state index in [1.165, 1.54) is 6.92 Å². The highest BCUT2D eigenvalue weighted by molar-refractivity contribution is 5.98. The number of carbonyl (C=O) groups is 3. The summed E-state index contributed by atoms with van der Waals surface area (Å²) in [4.78, 5) is 36.2. The number of carbonyl (C=O) groups excluding carboxylic acids is 3. The molecular formula is C23H23N3O4. The van der Waals surface area contributed by atoms with Crippen molar-refractivity contribution in [2.24, 2.45) is 0 Å². The fraction of sp³-hybridized carbons (Fsp3) is 0.217. The number of aryl methyl sites for hydroxylation is 1. The molecule has 0 atom stereocenters. The Labute approximate surface area is 174 Å². The number of nitrogens with zero attached hydrogens (tertiary/aromatic N) is 2. The molecule has 1 heterocycles. The zero-order valence-electron chi connectivity index (χ0n) is 17.1. The van der Waals surface area contributed by atoms with Gasteiger partial charge in [-0.2, -0.15) is 5.10 Å². The molecule has 154 valence electrons. The van der Waals surface area contributed by atoms with Crippen LogP contribution in [0, 0.1) is 13.8 Å². The smallest absolute Gasteiger partial charge is 0.342 e. The lowest BCUT2D eigenvalue weighted by atomic mass is 10.1. The third kappa shape index (κ3) is 5.00. The largest absolute Gasteiger partial charge is 0.452 e. The highest BCUT2D eigenvalue weighted by Gasteiger charge is 2.21. The standard InChI is InChI=1S/C23H23N3O4/c1-15-22(16(2)26(25-15)13-18-8-5-4-6-9-18)23(29)30-14-21(28)24-20-11-7-10-19(12-20)17(3)27/h4-12H,13-14H2,1-3H3,(H,24,28). The first-order valence-corrected chi connectivity index (χ1v) is 9.51. The molecular weight excluding hydrogens is 382 g/mol. The van der Waals surface area contributed by atoms with Crippen molar-refractivity contribution in [1.29, 1.82) is 0 Å². The van der Waals surface area contributed by atoms with Gasteiger partial charge in [-0.1, -0.05) is 42.5 Å². The first-order chi connectivity index (χ1) is 14.3. The van der Waals surface area contributed by atoms with Gasteiger partial charge in [0.15, 0.2) is 12.4 Å². The van der Waals surface area contributed by atoms with E-state index in [-0.39, 0.29) is 5.78 Å². The SMILES string of the molecule is CC(=O)c1cccc(NC(=O)COC(=O)c2c(C)nn(Cc3ccccc3)c2C)c1. The summed E-state index contributed by atoms with van der Waals surface area (Å²) in [6, 6.07) is 16.4. The summed E-state index contributed by atoms with van der Waals surface area (Å²) in [7, 11) is 0. The van der Waals surface area contributed by atoms with Gasteiger partial charge in [0.2, 0.25) is 0 Å². The minimum atomic E-state index is -0.600. The quantitative estimate of drug-likeness (QED) is 0.480. The van der Waals surface area contributed by atoms with E-state index in [9.17, 15) is 14.4 Å². The molecule has 0 spiro atoms. The van der Waals surface area contributed by atoms with Crippen molar-refractivity contribution < 1.29 is 19.1 Å². The van der Waals surface area contributed by atoms with E-state index in [0.29, 0.717) is 34.7 Å². The zero-order chi connectivity index (χ0) is 21.7. The fourth-order valence-corrected chi connectivity index (χ4v) is 3.12. The average molecular weight is 405 g/mol. The molecule has 0 aliphatic heterocycles. The minimum Gasteiger partial charge on any atom is -0.452 e. The Hall–Kier alpha value is -3.74. The molecule has 1 N–H and O–H groups in total. The maximum Gasteiger partial charge on any atom is 0.342 e. The van der Waals surface area contributed by atoms with Crippen LogP contribution in [0.15, 0.2) is 54.6 Å². The van der Waals surface area contributed by atoms with Crippen LogP contribution in [0.5, 0.6) is 0 Å². The molecule has 0 radical (unpaired) electrons. The van der Waals surface area contributed by atoms with Gasteiger partial charge in [0.25, 0.3) is 5.91 Å². The van der Waals surface area contributed by atoms with Gasteiger partial charge in [-0.15, -0.1) is 0 Å². The summed E-state index contributed by atoms with van der Waals surface area (Å²) in [5.74, 6) is -1.19. The number of hydrogen-bond acceptors (Lipinski definition) is 5. The Balaban J connectivity index is 1.63. The maximum atomic E-state index is 12.6. The van der Waals surface area contributed by atoms with E-state index in [4.69, 9.17) is 4.74 Å². The lowest BCUT2D eigenvalue weighted by Gasteiger charge is -2.08. The monoisotopic (exact) mass is 405 g/mol. The van der Waals surface area contributed by atoms with Gasteiger partial charge in [-0.05, 0) is 38.5 Å². The van der Waals surface area contributed by atoms with E-state index < -0.39 is 18.5 Å². The van der Waals surface area contributed by atoms with Crippen LogP contribution < -0.4 is 5.32 Å². The lowest BCUT2D eigenvalue weighted by Crippen LogP contribution is -2.21. The number of ether oxygens (including phenoxy) is 1. The number of benzene rings is 2. The second-order valence-electron chi connectivity index (χ2n) is 6.95. The van der Waals surface area contributed by atoms with Crippen molar-refractivity contribution in [2.45, 2.75) is 27.3 Å². The molecule has 0 bridgehead atoms. The molecule has 0 unspecified atom stereocenters. The first-order valence-electron chi connectivity index (χ1n) is 9.51. The number of Topliss-reactive ketones (excluding diaryl/α,β-unsaturated/α-hetero) is 1. The van der Waals surface area contributed by atoms with Gasteiger partial charge in [-0.25, -0.2) is 4.79 Å². The van der Waals surface area contributed by atoms with Crippen LogP contribution in [0.4, 0.5) is 5.69 Å². The molecule has 30 heavy (non-hydrogen) atoms. The number of nitrogens with one attached hydrogen (secondary N) is 1. The molecule has 2 aromatic carbocycles. The minimum absolute atomic E-state index is 0.101.